The lowest BCUT2D eigenvalue weighted by molar-refractivity contribution is -0.123. The van der Waals surface area contributed by atoms with Gasteiger partial charge in [0.2, 0.25) is 5.91 Å². The number of amides is 1. The minimum Gasteiger partial charge on any atom is -0.354 e. The molecule has 0 radical (unpaired) electrons. The summed E-state index contributed by atoms with van der Waals surface area (Å²) >= 11 is 0. The molecule has 1 atom stereocenters. The normalized spacial score (nSPS) is 18.2. The first-order chi connectivity index (χ1) is 9.24. The molecule has 1 aliphatic rings. The Hall–Kier alpha value is -1.35. The first-order valence-electron chi connectivity index (χ1n) is 7.32. The molecule has 3 heteroatoms. The number of rotatable bonds is 5. The Morgan fingerprint density at radius 1 is 1.32 bits per heavy atom. The van der Waals surface area contributed by atoms with Gasteiger partial charge in [0.25, 0.3) is 0 Å². The van der Waals surface area contributed by atoms with Crippen LogP contribution in [-0.2, 0) is 17.8 Å². The Morgan fingerprint density at radius 3 is 2.68 bits per heavy atom. The summed E-state index contributed by atoms with van der Waals surface area (Å²) in [6.45, 7) is 5.94. The molecule has 19 heavy (non-hydrogen) atoms. The molecule has 104 valence electrons. The fourth-order valence-corrected chi connectivity index (χ4v) is 2.59. The van der Waals surface area contributed by atoms with Gasteiger partial charge in [-0.2, -0.15) is 0 Å². The number of hydrogen-bond donors (Lipinski definition) is 2. The number of nitrogens with one attached hydrogen (secondary N) is 2. The molecule has 0 spiro atoms. The highest BCUT2D eigenvalue weighted by Crippen LogP contribution is 2.16. The molecule has 3 nitrogen and oxygen atoms in total. The molecule has 0 bridgehead atoms. The molecule has 1 heterocycles. The summed E-state index contributed by atoms with van der Waals surface area (Å²) in [7, 11) is 0. The molecule has 2 N–H and O–H groups in total. The molecular weight excluding hydrogens is 236 g/mol. The van der Waals surface area contributed by atoms with Gasteiger partial charge >= 0.3 is 0 Å². The van der Waals surface area contributed by atoms with E-state index in [9.17, 15) is 4.79 Å². The quantitative estimate of drug-likeness (QED) is 0.852. The van der Waals surface area contributed by atoms with E-state index in [-0.39, 0.29) is 11.9 Å². The van der Waals surface area contributed by atoms with Gasteiger partial charge in [-0.3, -0.25) is 4.79 Å². The van der Waals surface area contributed by atoms with E-state index in [0.717, 1.165) is 32.4 Å². The van der Waals surface area contributed by atoms with E-state index in [1.165, 1.54) is 11.1 Å². The van der Waals surface area contributed by atoms with E-state index in [2.05, 4.69) is 36.6 Å². The van der Waals surface area contributed by atoms with E-state index >= 15 is 0 Å². The van der Waals surface area contributed by atoms with Crippen molar-refractivity contribution in [2.75, 3.05) is 6.54 Å². The Balaban J connectivity index is 1.88. The second-order valence-corrected chi connectivity index (χ2v) is 5.33. The highest BCUT2D eigenvalue weighted by molar-refractivity contribution is 5.82. The zero-order chi connectivity index (χ0) is 13.7. The molecule has 1 aromatic carbocycles. The van der Waals surface area contributed by atoms with Crippen molar-refractivity contribution in [1.82, 2.24) is 10.6 Å². The van der Waals surface area contributed by atoms with Crippen LogP contribution in [0.3, 0.4) is 0 Å². The van der Waals surface area contributed by atoms with E-state index < -0.39 is 0 Å². The summed E-state index contributed by atoms with van der Waals surface area (Å²) in [5.74, 6) is 0.737. The second-order valence-electron chi connectivity index (χ2n) is 5.33. The van der Waals surface area contributed by atoms with Gasteiger partial charge < -0.3 is 10.6 Å². The highest BCUT2D eigenvalue weighted by Gasteiger charge is 2.23. The summed E-state index contributed by atoms with van der Waals surface area (Å²) in [6.07, 6.45) is 3.04. The summed E-state index contributed by atoms with van der Waals surface area (Å²) in [5, 5.41) is 6.41. The molecule has 2 rings (SSSR count). The molecule has 1 aromatic rings. The van der Waals surface area contributed by atoms with E-state index in [1.54, 1.807) is 0 Å². The van der Waals surface area contributed by atoms with Crippen LogP contribution in [0.1, 0.15) is 37.8 Å². The molecule has 0 aromatic heterocycles. The monoisotopic (exact) mass is 260 g/mol. The van der Waals surface area contributed by atoms with Gasteiger partial charge in [0.15, 0.2) is 0 Å². The average Bonchev–Trinajstić information content (AvgIpc) is 2.47. The molecular formula is C16H24N2O. The van der Waals surface area contributed by atoms with E-state index in [0.29, 0.717) is 5.92 Å². The molecule has 0 aliphatic carbocycles. The zero-order valence-corrected chi connectivity index (χ0v) is 11.9. The third-order valence-corrected chi connectivity index (χ3v) is 4.12. The highest BCUT2D eigenvalue weighted by atomic mass is 16.2. The number of carbonyl (C=O) groups is 1. The van der Waals surface area contributed by atoms with Gasteiger partial charge in [0, 0.05) is 13.1 Å². The van der Waals surface area contributed by atoms with Gasteiger partial charge in [-0.15, -0.1) is 0 Å². The molecule has 1 aliphatic heterocycles. The largest absolute Gasteiger partial charge is 0.354 e. The van der Waals surface area contributed by atoms with Crippen molar-refractivity contribution in [2.45, 2.75) is 45.7 Å². The van der Waals surface area contributed by atoms with E-state index in [4.69, 9.17) is 0 Å². The van der Waals surface area contributed by atoms with Crippen molar-refractivity contribution < 1.29 is 4.79 Å². The van der Waals surface area contributed by atoms with Crippen LogP contribution in [0.4, 0.5) is 0 Å². The van der Waals surface area contributed by atoms with E-state index in [1.807, 2.05) is 12.1 Å². The van der Waals surface area contributed by atoms with Gasteiger partial charge in [0.1, 0.15) is 0 Å². The molecule has 1 unspecified atom stereocenters. The standard InChI is InChI=1S/C16H24N2O/c1-3-12(4-2)10-18-16(19)15-9-13-7-5-6-8-14(13)11-17-15/h5-8,12,15,17H,3-4,9-11H2,1-2H3,(H,18,19). The van der Waals surface area contributed by atoms with Crippen LogP contribution in [0.25, 0.3) is 0 Å². The lowest BCUT2D eigenvalue weighted by atomic mass is 9.95. The maximum Gasteiger partial charge on any atom is 0.237 e. The topological polar surface area (TPSA) is 41.1 Å². The Morgan fingerprint density at radius 2 is 2.00 bits per heavy atom. The smallest absolute Gasteiger partial charge is 0.237 e. The fourth-order valence-electron chi connectivity index (χ4n) is 2.59. The molecule has 0 saturated carbocycles. The van der Waals surface area contributed by atoms with Crippen LogP contribution in [0.5, 0.6) is 0 Å². The first-order valence-corrected chi connectivity index (χ1v) is 7.32. The van der Waals surface area contributed by atoms with Crippen LogP contribution < -0.4 is 10.6 Å². The van der Waals surface area contributed by atoms with Crippen molar-refractivity contribution in [3.05, 3.63) is 35.4 Å². The molecule has 0 fully saturated rings. The van der Waals surface area contributed by atoms with Crippen LogP contribution in [-0.4, -0.2) is 18.5 Å². The van der Waals surface area contributed by atoms with Crippen molar-refractivity contribution in [3.63, 3.8) is 0 Å². The third-order valence-electron chi connectivity index (χ3n) is 4.12. The van der Waals surface area contributed by atoms with Gasteiger partial charge in [0.05, 0.1) is 6.04 Å². The van der Waals surface area contributed by atoms with Gasteiger partial charge in [-0.1, -0.05) is 51.0 Å². The van der Waals surface area contributed by atoms with Crippen LogP contribution in [0.2, 0.25) is 0 Å². The fraction of sp³-hybridized carbons (Fsp3) is 0.562. The minimum atomic E-state index is -0.0794. The number of hydrogen-bond acceptors (Lipinski definition) is 2. The summed E-state index contributed by atoms with van der Waals surface area (Å²) < 4.78 is 0. The lowest BCUT2D eigenvalue weighted by Gasteiger charge is -2.26. The van der Waals surface area contributed by atoms with Crippen molar-refractivity contribution in [3.8, 4) is 0 Å². The summed E-state index contributed by atoms with van der Waals surface area (Å²) in [4.78, 5) is 12.2. The first kappa shape index (κ1) is 14.1. The maximum absolute atomic E-state index is 12.2. The number of benzene rings is 1. The predicted octanol–water partition coefficient (Wildman–Crippen LogP) is 2.25. The third kappa shape index (κ3) is 3.57. The van der Waals surface area contributed by atoms with Crippen LogP contribution in [0, 0.1) is 5.92 Å². The van der Waals surface area contributed by atoms with Crippen LogP contribution >= 0.6 is 0 Å². The number of fused-ring (bicyclic) bond motifs is 1. The molecule has 1 amide bonds. The SMILES string of the molecule is CCC(CC)CNC(=O)C1Cc2ccccc2CN1. The Bertz CT molecular complexity index is 427. The summed E-state index contributed by atoms with van der Waals surface area (Å²) in [5.41, 5.74) is 2.61. The van der Waals surface area contributed by atoms with Crippen LogP contribution in [0.15, 0.2) is 24.3 Å². The lowest BCUT2D eigenvalue weighted by Crippen LogP contribution is -2.48. The summed E-state index contributed by atoms with van der Waals surface area (Å²) in [6, 6.07) is 8.26. The molecule has 0 saturated heterocycles. The average molecular weight is 260 g/mol. The predicted molar refractivity (Wildman–Crippen MR) is 77.9 cm³/mol. The van der Waals surface area contributed by atoms with Crippen molar-refractivity contribution in [1.29, 1.82) is 0 Å². The van der Waals surface area contributed by atoms with Gasteiger partial charge in [-0.25, -0.2) is 0 Å². The second kappa shape index (κ2) is 6.71. The number of carbonyl (C=O) groups excluding carboxylic acids is 1. The Kier molecular flexibility index (Phi) is 4.97. The Labute approximate surface area is 115 Å². The van der Waals surface area contributed by atoms with Gasteiger partial charge in [-0.05, 0) is 23.5 Å². The van der Waals surface area contributed by atoms with Crippen molar-refractivity contribution in [2.24, 2.45) is 5.92 Å². The minimum absolute atomic E-state index is 0.0794. The maximum atomic E-state index is 12.2. The zero-order valence-electron chi connectivity index (χ0n) is 11.9. The van der Waals surface area contributed by atoms with Crippen molar-refractivity contribution >= 4 is 5.91 Å².